The van der Waals surface area contributed by atoms with Crippen LogP contribution in [0.3, 0.4) is 0 Å². The van der Waals surface area contributed by atoms with E-state index in [2.05, 4.69) is 37.5 Å². The summed E-state index contributed by atoms with van der Waals surface area (Å²) in [5, 5.41) is 0. The molecule has 0 aromatic carbocycles. The second-order valence-corrected chi connectivity index (χ2v) is 3.40. The summed E-state index contributed by atoms with van der Waals surface area (Å²) >= 11 is 0. The lowest BCUT2D eigenvalue weighted by molar-refractivity contribution is 1.39. The van der Waals surface area contributed by atoms with Crippen molar-refractivity contribution in [3.05, 3.63) is 84.7 Å². The Bertz CT molecular complexity index is 358. The van der Waals surface area contributed by atoms with Crippen molar-refractivity contribution in [1.82, 2.24) is 0 Å². The van der Waals surface area contributed by atoms with Gasteiger partial charge < -0.3 is 0 Å². The van der Waals surface area contributed by atoms with E-state index < -0.39 is 0 Å². The molecule has 0 aliphatic heterocycles. The van der Waals surface area contributed by atoms with Gasteiger partial charge in [0.25, 0.3) is 0 Å². The molecule has 0 fully saturated rings. The fourth-order valence-corrected chi connectivity index (χ4v) is 1.50. The van der Waals surface area contributed by atoms with Gasteiger partial charge in [-0.2, -0.15) is 12.2 Å². The van der Waals surface area contributed by atoms with Gasteiger partial charge in [0, 0.05) is 30.2 Å². The maximum absolute atomic E-state index is 3.91. The standard InChI is InChI=1S/C14H12/c1-11-5-3-7-13(9-11)14-8-4-6-12(2)10-14/h3-10H,1-2H2. The number of hydrogen-bond acceptors (Lipinski definition) is 0. The highest BCUT2D eigenvalue weighted by molar-refractivity contribution is 5.59. The molecule has 0 heterocycles. The first-order chi connectivity index (χ1) is 6.75. The van der Waals surface area contributed by atoms with Gasteiger partial charge in [-0.15, -0.1) is 24.6 Å². The first-order valence-corrected chi connectivity index (χ1v) is 4.60. The van der Waals surface area contributed by atoms with Crippen LogP contribution in [0.1, 0.15) is 0 Å². The summed E-state index contributed by atoms with van der Waals surface area (Å²) in [6, 6.07) is 0. The molecule has 0 radical (unpaired) electrons. The van der Waals surface area contributed by atoms with Gasteiger partial charge >= 0.3 is 0 Å². The van der Waals surface area contributed by atoms with Gasteiger partial charge in [-0.25, -0.2) is 0 Å². The van der Waals surface area contributed by atoms with Crippen molar-refractivity contribution in [3.8, 4) is 0 Å². The lowest BCUT2D eigenvalue weighted by Gasteiger charge is -2.15. The van der Waals surface area contributed by atoms with Crippen LogP contribution in [0, 0.1) is 12.8 Å². The van der Waals surface area contributed by atoms with Crippen LogP contribution in [-0.2, 0) is 0 Å². The van der Waals surface area contributed by atoms with Crippen LogP contribution in [0.15, 0.2) is 71.9 Å². The van der Waals surface area contributed by atoms with E-state index in [0.717, 1.165) is 11.1 Å². The van der Waals surface area contributed by atoms with Crippen LogP contribution in [0.4, 0.5) is 0 Å². The minimum atomic E-state index is 1.04. The summed E-state index contributed by atoms with van der Waals surface area (Å²) in [4.78, 5) is 0. The van der Waals surface area contributed by atoms with E-state index in [1.54, 1.807) is 0 Å². The average molecular weight is 180 g/mol. The molecule has 0 aromatic heterocycles. The third-order valence-corrected chi connectivity index (χ3v) is 2.19. The molecule has 0 unspecified atom stereocenters. The second-order valence-electron chi connectivity index (χ2n) is 3.40. The molecular formula is C14H12. The molecule has 0 saturated heterocycles. The first kappa shape index (κ1) is 8.76. The normalized spacial score (nSPS) is 19.7. The summed E-state index contributed by atoms with van der Waals surface area (Å²) in [6.45, 7) is 7.83. The smallest absolute Gasteiger partial charge is 0.0893 e. The summed E-state index contributed by atoms with van der Waals surface area (Å²) < 4.78 is 0. The average Bonchev–Trinajstić information content (AvgIpc) is 2.18. The Morgan fingerprint density at radius 2 is 1.86 bits per heavy atom. The molecule has 14 heavy (non-hydrogen) atoms. The van der Waals surface area contributed by atoms with Crippen molar-refractivity contribution in [2.24, 2.45) is 0 Å². The minimum absolute atomic E-state index is 1.04. The molecule has 0 aromatic rings. The van der Waals surface area contributed by atoms with Gasteiger partial charge in [0.1, 0.15) is 0 Å². The molecular weight excluding hydrogens is 168 g/mol. The van der Waals surface area contributed by atoms with E-state index in [1.165, 1.54) is 11.1 Å². The van der Waals surface area contributed by atoms with E-state index in [-0.39, 0.29) is 0 Å². The van der Waals surface area contributed by atoms with Crippen LogP contribution in [0.25, 0.3) is 0 Å². The highest BCUT2D eigenvalue weighted by Crippen LogP contribution is 2.25. The molecule has 2 aliphatic rings. The molecule has 0 saturated carbocycles. The molecule has 68 valence electrons. The third kappa shape index (κ3) is 1.74. The zero-order chi connectivity index (χ0) is 9.97. The number of allylic oxidation sites excluding steroid dienone is 10. The van der Waals surface area contributed by atoms with Gasteiger partial charge in [-0.1, -0.05) is 5.57 Å². The summed E-state index contributed by atoms with van der Waals surface area (Å²) in [5.74, 6) is 0. The molecule has 2 rings (SSSR count). The number of hydrogen-bond donors (Lipinski definition) is 0. The maximum Gasteiger partial charge on any atom is 0.0893 e. The van der Waals surface area contributed by atoms with E-state index in [4.69, 9.17) is 0 Å². The van der Waals surface area contributed by atoms with Crippen molar-refractivity contribution < 1.29 is 0 Å². The molecule has 0 heteroatoms. The number of rotatable bonds is 1. The van der Waals surface area contributed by atoms with E-state index in [1.807, 2.05) is 25.0 Å². The lowest BCUT2D eigenvalue weighted by Crippen LogP contribution is -1.94. The SMILES string of the molecule is C=C1C=C(C2=CC(=C)[CH-]C=C2)C=C[CH+]1. The van der Waals surface area contributed by atoms with Crippen molar-refractivity contribution in [1.29, 1.82) is 0 Å². The Hall–Kier alpha value is -1.82. The predicted molar refractivity (Wildman–Crippen MR) is 61.3 cm³/mol. The lowest BCUT2D eigenvalue weighted by atomic mass is 9.92. The highest BCUT2D eigenvalue weighted by atomic mass is 14.1. The van der Waals surface area contributed by atoms with Gasteiger partial charge in [0.2, 0.25) is 0 Å². The Labute approximate surface area is 85.3 Å². The highest BCUT2D eigenvalue weighted by Gasteiger charge is 2.08. The zero-order valence-corrected chi connectivity index (χ0v) is 8.03. The zero-order valence-electron chi connectivity index (χ0n) is 8.03. The van der Waals surface area contributed by atoms with Crippen molar-refractivity contribution in [2.75, 3.05) is 0 Å². The molecule has 0 N–H and O–H groups in total. The topological polar surface area (TPSA) is 0 Å². The fourth-order valence-electron chi connectivity index (χ4n) is 1.50. The Morgan fingerprint density at radius 3 is 2.57 bits per heavy atom. The van der Waals surface area contributed by atoms with Gasteiger partial charge in [-0.05, 0) is 6.58 Å². The van der Waals surface area contributed by atoms with Crippen LogP contribution < -0.4 is 0 Å². The molecule has 0 atom stereocenters. The van der Waals surface area contributed by atoms with Crippen LogP contribution in [0.5, 0.6) is 0 Å². The fraction of sp³-hybridized carbons (Fsp3) is 0. The summed E-state index contributed by atoms with van der Waals surface area (Å²) in [6.07, 6.45) is 16.4. The van der Waals surface area contributed by atoms with Crippen LogP contribution in [0.2, 0.25) is 0 Å². The predicted octanol–water partition coefficient (Wildman–Crippen LogP) is 3.50. The van der Waals surface area contributed by atoms with Crippen molar-refractivity contribution in [3.63, 3.8) is 0 Å². The molecule has 0 bridgehead atoms. The van der Waals surface area contributed by atoms with Gasteiger partial charge in [0.05, 0.1) is 5.57 Å². The molecule has 0 amide bonds. The van der Waals surface area contributed by atoms with Gasteiger partial charge in [0.15, 0.2) is 0 Å². The van der Waals surface area contributed by atoms with E-state index >= 15 is 0 Å². The molecule has 0 nitrogen and oxygen atoms in total. The maximum atomic E-state index is 3.91. The van der Waals surface area contributed by atoms with Gasteiger partial charge in [-0.3, -0.25) is 0 Å². The third-order valence-electron chi connectivity index (χ3n) is 2.19. The largest absolute Gasteiger partial charge is 0.171 e. The molecule has 2 aliphatic carbocycles. The Balaban J connectivity index is 2.31. The summed E-state index contributed by atoms with van der Waals surface area (Å²) in [7, 11) is 0. The quantitative estimate of drug-likeness (QED) is 0.542. The molecule has 0 spiro atoms. The Kier molecular flexibility index (Phi) is 2.19. The Morgan fingerprint density at radius 1 is 1.07 bits per heavy atom. The first-order valence-electron chi connectivity index (χ1n) is 4.60. The second kappa shape index (κ2) is 3.51. The summed E-state index contributed by atoms with van der Waals surface area (Å²) in [5.41, 5.74) is 4.47. The van der Waals surface area contributed by atoms with Crippen molar-refractivity contribution in [2.45, 2.75) is 0 Å². The minimum Gasteiger partial charge on any atom is -0.171 e. The van der Waals surface area contributed by atoms with E-state index in [9.17, 15) is 0 Å². The van der Waals surface area contributed by atoms with E-state index in [0.29, 0.717) is 0 Å². The van der Waals surface area contributed by atoms with Crippen molar-refractivity contribution >= 4 is 0 Å². The van der Waals surface area contributed by atoms with Crippen LogP contribution in [-0.4, -0.2) is 0 Å². The van der Waals surface area contributed by atoms with Crippen LogP contribution >= 0.6 is 0 Å². The monoisotopic (exact) mass is 180 g/mol.